The summed E-state index contributed by atoms with van der Waals surface area (Å²) in [5.74, 6) is 2.36. The normalized spacial score (nSPS) is 10.8. The zero-order valence-corrected chi connectivity index (χ0v) is 12.3. The van der Waals surface area contributed by atoms with Gasteiger partial charge in [0.1, 0.15) is 18.2 Å². The molecule has 1 aromatic carbocycles. The van der Waals surface area contributed by atoms with E-state index >= 15 is 0 Å². The van der Waals surface area contributed by atoms with Crippen LogP contribution in [0.5, 0.6) is 5.75 Å². The van der Waals surface area contributed by atoms with Gasteiger partial charge in [0.25, 0.3) is 0 Å². The van der Waals surface area contributed by atoms with E-state index in [0.29, 0.717) is 29.7 Å². The summed E-state index contributed by atoms with van der Waals surface area (Å²) in [6.07, 6.45) is 1.75. The lowest BCUT2D eigenvalue weighted by Crippen LogP contribution is -2.07. The summed E-state index contributed by atoms with van der Waals surface area (Å²) in [4.78, 5) is 4.49. The molecule has 0 amide bonds. The Morgan fingerprint density at radius 2 is 2.25 bits per heavy atom. The molecule has 108 valence electrons. The van der Waals surface area contributed by atoms with Gasteiger partial charge in [-0.2, -0.15) is 5.10 Å². The maximum absolute atomic E-state index is 5.91. The minimum atomic E-state index is 0.336. The van der Waals surface area contributed by atoms with Gasteiger partial charge in [0.05, 0.1) is 0 Å². The Bertz CT molecular complexity index is 556. The van der Waals surface area contributed by atoms with Crippen molar-refractivity contribution in [1.82, 2.24) is 14.8 Å². The van der Waals surface area contributed by atoms with Crippen molar-refractivity contribution in [1.29, 1.82) is 0 Å². The van der Waals surface area contributed by atoms with Crippen LogP contribution >= 0.6 is 11.6 Å². The van der Waals surface area contributed by atoms with Gasteiger partial charge in [-0.15, -0.1) is 0 Å². The Kier molecular flexibility index (Phi) is 5.38. The van der Waals surface area contributed by atoms with Gasteiger partial charge in [0, 0.05) is 18.0 Å². The molecule has 1 aromatic heterocycles. The predicted molar refractivity (Wildman–Crippen MR) is 78.9 cm³/mol. The second-order valence-corrected chi connectivity index (χ2v) is 4.83. The molecule has 0 bridgehead atoms. The van der Waals surface area contributed by atoms with E-state index in [0.717, 1.165) is 25.2 Å². The van der Waals surface area contributed by atoms with Crippen molar-refractivity contribution >= 4 is 11.6 Å². The maximum Gasteiger partial charge on any atom is 0.188 e. The van der Waals surface area contributed by atoms with Crippen LogP contribution < -0.4 is 10.5 Å². The average Bonchev–Trinajstić information content (AvgIpc) is 2.85. The quantitative estimate of drug-likeness (QED) is 0.851. The molecule has 5 nitrogen and oxygen atoms in total. The van der Waals surface area contributed by atoms with Crippen molar-refractivity contribution in [2.45, 2.75) is 32.9 Å². The molecular formula is C14H19ClN4O. The largest absolute Gasteiger partial charge is 0.485 e. The van der Waals surface area contributed by atoms with Crippen molar-refractivity contribution in [3.8, 4) is 5.75 Å². The minimum absolute atomic E-state index is 0.336. The van der Waals surface area contributed by atoms with E-state index in [-0.39, 0.29) is 0 Å². The van der Waals surface area contributed by atoms with Crippen molar-refractivity contribution in [2.75, 3.05) is 6.54 Å². The highest BCUT2D eigenvalue weighted by atomic mass is 35.5. The monoisotopic (exact) mass is 294 g/mol. The van der Waals surface area contributed by atoms with E-state index < -0.39 is 0 Å². The fourth-order valence-corrected chi connectivity index (χ4v) is 2.07. The van der Waals surface area contributed by atoms with Crippen LogP contribution in [0.15, 0.2) is 24.3 Å². The zero-order valence-electron chi connectivity index (χ0n) is 11.6. The molecule has 2 N–H and O–H groups in total. The Hall–Kier alpha value is -1.59. The van der Waals surface area contributed by atoms with Crippen LogP contribution in [-0.2, 0) is 19.6 Å². The number of hydrogen-bond donors (Lipinski definition) is 1. The highest BCUT2D eigenvalue weighted by molar-refractivity contribution is 6.30. The number of rotatable bonds is 7. The fraction of sp³-hybridized carbons (Fsp3) is 0.429. The van der Waals surface area contributed by atoms with E-state index in [1.165, 1.54) is 0 Å². The van der Waals surface area contributed by atoms with Gasteiger partial charge in [-0.05, 0) is 38.1 Å². The standard InChI is InChI=1S/C14H19ClN4O/c1-2-19-14(7-4-8-16)17-13(18-19)10-20-12-6-3-5-11(15)9-12/h3,5-6,9H,2,4,7-8,10,16H2,1H3. The third kappa shape index (κ3) is 3.95. The van der Waals surface area contributed by atoms with Crippen LogP contribution in [0, 0.1) is 0 Å². The molecule has 0 aliphatic carbocycles. The molecular weight excluding hydrogens is 276 g/mol. The topological polar surface area (TPSA) is 66.0 Å². The van der Waals surface area contributed by atoms with E-state index in [4.69, 9.17) is 22.1 Å². The predicted octanol–water partition coefficient (Wildman–Crippen LogP) is 2.42. The van der Waals surface area contributed by atoms with Gasteiger partial charge in [-0.25, -0.2) is 9.67 Å². The first-order valence-corrected chi connectivity index (χ1v) is 7.11. The number of nitrogens with zero attached hydrogens (tertiary/aromatic N) is 3. The van der Waals surface area contributed by atoms with Crippen LogP contribution in [0.2, 0.25) is 5.02 Å². The molecule has 20 heavy (non-hydrogen) atoms. The number of nitrogens with two attached hydrogens (primary N) is 1. The van der Waals surface area contributed by atoms with Gasteiger partial charge >= 0.3 is 0 Å². The third-order valence-electron chi connectivity index (χ3n) is 2.86. The number of aromatic nitrogens is 3. The van der Waals surface area contributed by atoms with Crippen LogP contribution in [0.25, 0.3) is 0 Å². The van der Waals surface area contributed by atoms with Gasteiger partial charge in [-0.3, -0.25) is 0 Å². The number of halogens is 1. The van der Waals surface area contributed by atoms with Crippen LogP contribution in [0.4, 0.5) is 0 Å². The number of ether oxygens (including phenoxy) is 1. The first-order valence-electron chi connectivity index (χ1n) is 6.74. The smallest absolute Gasteiger partial charge is 0.188 e. The second kappa shape index (κ2) is 7.26. The van der Waals surface area contributed by atoms with E-state index in [9.17, 15) is 0 Å². The Morgan fingerprint density at radius 1 is 1.40 bits per heavy atom. The third-order valence-corrected chi connectivity index (χ3v) is 3.10. The molecule has 2 rings (SSSR count). The molecule has 6 heteroatoms. The van der Waals surface area contributed by atoms with E-state index in [1.807, 2.05) is 29.8 Å². The summed E-state index contributed by atoms with van der Waals surface area (Å²) in [5, 5.41) is 5.08. The highest BCUT2D eigenvalue weighted by Crippen LogP contribution is 2.18. The lowest BCUT2D eigenvalue weighted by Gasteiger charge is -2.03. The summed E-state index contributed by atoms with van der Waals surface area (Å²) in [7, 11) is 0. The Balaban J connectivity index is 2.00. The number of benzene rings is 1. The maximum atomic E-state index is 5.91. The van der Waals surface area contributed by atoms with Gasteiger partial charge < -0.3 is 10.5 Å². The molecule has 0 aliphatic rings. The number of hydrogen-bond acceptors (Lipinski definition) is 4. The van der Waals surface area contributed by atoms with Crippen molar-refractivity contribution in [3.05, 3.63) is 40.9 Å². The highest BCUT2D eigenvalue weighted by Gasteiger charge is 2.09. The molecule has 0 spiro atoms. The summed E-state index contributed by atoms with van der Waals surface area (Å²) < 4.78 is 7.54. The van der Waals surface area contributed by atoms with Gasteiger partial charge in [0.15, 0.2) is 5.82 Å². The average molecular weight is 295 g/mol. The fourth-order valence-electron chi connectivity index (χ4n) is 1.89. The lowest BCUT2D eigenvalue weighted by molar-refractivity contribution is 0.295. The SMILES string of the molecule is CCn1nc(COc2cccc(Cl)c2)nc1CCCN. The first-order chi connectivity index (χ1) is 9.72. The molecule has 0 atom stereocenters. The van der Waals surface area contributed by atoms with Gasteiger partial charge in [-0.1, -0.05) is 17.7 Å². The van der Waals surface area contributed by atoms with E-state index in [1.54, 1.807) is 6.07 Å². The Morgan fingerprint density at radius 3 is 2.95 bits per heavy atom. The second-order valence-electron chi connectivity index (χ2n) is 4.40. The molecule has 0 unspecified atom stereocenters. The summed E-state index contributed by atoms with van der Waals surface area (Å²) >= 11 is 5.91. The van der Waals surface area contributed by atoms with Crippen LogP contribution in [-0.4, -0.2) is 21.3 Å². The minimum Gasteiger partial charge on any atom is -0.485 e. The van der Waals surface area contributed by atoms with Crippen molar-refractivity contribution in [3.63, 3.8) is 0 Å². The van der Waals surface area contributed by atoms with Crippen molar-refractivity contribution in [2.24, 2.45) is 5.73 Å². The molecule has 0 saturated carbocycles. The summed E-state index contributed by atoms with van der Waals surface area (Å²) in [6.45, 7) is 3.83. The lowest BCUT2D eigenvalue weighted by atomic mass is 10.3. The number of aryl methyl sites for hydroxylation is 2. The summed E-state index contributed by atoms with van der Waals surface area (Å²) in [5.41, 5.74) is 5.53. The van der Waals surface area contributed by atoms with Gasteiger partial charge in [0.2, 0.25) is 0 Å². The first kappa shape index (κ1) is 14.8. The summed E-state index contributed by atoms with van der Waals surface area (Å²) in [6, 6.07) is 7.29. The molecule has 0 saturated heterocycles. The van der Waals surface area contributed by atoms with Crippen LogP contribution in [0.3, 0.4) is 0 Å². The Labute approximate surface area is 123 Å². The van der Waals surface area contributed by atoms with Crippen LogP contribution in [0.1, 0.15) is 25.0 Å². The van der Waals surface area contributed by atoms with E-state index in [2.05, 4.69) is 10.1 Å². The molecule has 2 aromatic rings. The molecule has 0 fully saturated rings. The van der Waals surface area contributed by atoms with Crippen molar-refractivity contribution < 1.29 is 4.74 Å². The molecule has 0 radical (unpaired) electrons. The molecule has 0 aliphatic heterocycles. The molecule has 1 heterocycles. The zero-order chi connectivity index (χ0) is 14.4.